The maximum Gasteiger partial charge on any atom is 0.344 e. The Bertz CT molecular complexity index is 560. The number of aromatic nitrogens is 2. The molecule has 0 aliphatic rings. The second-order valence-corrected chi connectivity index (χ2v) is 3.79. The highest BCUT2D eigenvalue weighted by Gasteiger charge is 2.04. The van der Waals surface area contributed by atoms with Crippen LogP contribution in [0.4, 0.5) is 0 Å². The highest BCUT2D eigenvalue weighted by atomic mass is 35.5. The Morgan fingerprint density at radius 2 is 2.24 bits per heavy atom. The maximum absolute atomic E-state index is 10.8. The first kappa shape index (κ1) is 11.7. The number of hydrogen-bond donors (Lipinski definition) is 1. The van der Waals surface area contributed by atoms with Crippen molar-refractivity contribution >= 4 is 11.6 Å². The van der Waals surface area contributed by atoms with Gasteiger partial charge < -0.3 is 9.72 Å². The van der Waals surface area contributed by atoms with E-state index < -0.39 is 0 Å². The summed E-state index contributed by atoms with van der Waals surface area (Å²) in [6, 6.07) is 5.44. The van der Waals surface area contributed by atoms with Gasteiger partial charge in [-0.05, 0) is 24.6 Å². The fourth-order valence-electron chi connectivity index (χ4n) is 1.45. The molecule has 2 rings (SSSR count). The van der Waals surface area contributed by atoms with Crippen LogP contribution in [-0.2, 0) is 0 Å². The van der Waals surface area contributed by atoms with Gasteiger partial charge in [-0.3, -0.25) is 0 Å². The van der Waals surface area contributed by atoms with E-state index in [9.17, 15) is 4.79 Å². The predicted octanol–water partition coefficient (Wildman–Crippen LogP) is 2.49. The van der Waals surface area contributed by atoms with Gasteiger partial charge >= 0.3 is 5.69 Å². The topological polar surface area (TPSA) is 55.0 Å². The van der Waals surface area contributed by atoms with Crippen LogP contribution in [0, 0.1) is 0 Å². The smallest absolute Gasteiger partial charge is 0.344 e. The third-order valence-electron chi connectivity index (χ3n) is 2.24. The summed E-state index contributed by atoms with van der Waals surface area (Å²) in [4.78, 5) is 17.0. The first-order chi connectivity index (χ1) is 8.20. The molecule has 0 unspecified atom stereocenters. The van der Waals surface area contributed by atoms with Crippen LogP contribution in [0.25, 0.3) is 11.1 Å². The molecule has 88 valence electrons. The van der Waals surface area contributed by atoms with Crippen molar-refractivity contribution in [1.29, 1.82) is 0 Å². The van der Waals surface area contributed by atoms with Crippen LogP contribution in [0.3, 0.4) is 0 Å². The van der Waals surface area contributed by atoms with Crippen LogP contribution in [0.2, 0.25) is 5.02 Å². The second-order valence-electron chi connectivity index (χ2n) is 3.39. The Hall–Kier alpha value is -1.81. The second kappa shape index (κ2) is 5.01. The molecule has 0 atom stereocenters. The zero-order valence-corrected chi connectivity index (χ0v) is 9.99. The van der Waals surface area contributed by atoms with Crippen molar-refractivity contribution in [2.75, 3.05) is 6.61 Å². The summed E-state index contributed by atoms with van der Waals surface area (Å²) < 4.78 is 5.34. The number of nitrogens with zero attached hydrogens (tertiary/aromatic N) is 1. The molecule has 1 heterocycles. The SMILES string of the molecule is CCOc1ccc(-c2cnc(=O)[nH]c2)cc1Cl. The molecule has 5 heteroatoms. The van der Waals surface area contributed by atoms with Gasteiger partial charge in [0.15, 0.2) is 0 Å². The van der Waals surface area contributed by atoms with Crippen LogP contribution < -0.4 is 10.4 Å². The van der Waals surface area contributed by atoms with Gasteiger partial charge in [0.1, 0.15) is 5.75 Å². The lowest BCUT2D eigenvalue weighted by atomic mass is 10.1. The average Bonchev–Trinajstić information content (AvgIpc) is 2.33. The molecule has 1 aromatic heterocycles. The number of aromatic amines is 1. The molecule has 0 amide bonds. The fourth-order valence-corrected chi connectivity index (χ4v) is 1.69. The molecule has 0 spiro atoms. The van der Waals surface area contributed by atoms with Gasteiger partial charge in [-0.1, -0.05) is 17.7 Å². The van der Waals surface area contributed by atoms with Crippen molar-refractivity contribution in [2.45, 2.75) is 6.92 Å². The average molecular weight is 251 g/mol. The Kier molecular flexibility index (Phi) is 3.44. The fraction of sp³-hybridized carbons (Fsp3) is 0.167. The Morgan fingerprint density at radius 1 is 1.41 bits per heavy atom. The number of hydrogen-bond acceptors (Lipinski definition) is 3. The van der Waals surface area contributed by atoms with Crippen molar-refractivity contribution in [3.8, 4) is 16.9 Å². The summed E-state index contributed by atoms with van der Waals surface area (Å²) in [6.07, 6.45) is 3.10. The number of ether oxygens (including phenoxy) is 1. The van der Waals surface area contributed by atoms with E-state index in [2.05, 4.69) is 9.97 Å². The molecule has 0 aliphatic heterocycles. The molecule has 1 aromatic carbocycles. The van der Waals surface area contributed by atoms with Crippen molar-refractivity contribution in [1.82, 2.24) is 9.97 Å². The van der Waals surface area contributed by atoms with Gasteiger partial charge in [0.25, 0.3) is 0 Å². The summed E-state index contributed by atoms with van der Waals surface area (Å²) >= 11 is 6.07. The molecular formula is C12H11ClN2O2. The minimum atomic E-state index is -0.370. The van der Waals surface area contributed by atoms with Gasteiger partial charge in [-0.15, -0.1) is 0 Å². The zero-order valence-electron chi connectivity index (χ0n) is 9.24. The normalized spacial score (nSPS) is 10.2. The number of rotatable bonds is 3. The van der Waals surface area contributed by atoms with Gasteiger partial charge in [-0.25, -0.2) is 9.78 Å². The molecule has 0 fully saturated rings. The predicted molar refractivity (Wildman–Crippen MR) is 66.5 cm³/mol. The van der Waals surface area contributed by atoms with Crippen molar-refractivity contribution in [3.05, 3.63) is 46.1 Å². The lowest BCUT2D eigenvalue weighted by molar-refractivity contribution is 0.340. The number of nitrogens with one attached hydrogen (secondary N) is 1. The van der Waals surface area contributed by atoms with E-state index in [1.54, 1.807) is 18.3 Å². The number of H-pyrrole nitrogens is 1. The largest absolute Gasteiger partial charge is 0.492 e. The Balaban J connectivity index is 2.37. The maximum atomic E-state index is 10.8. The summed E-state index contributed by atoms with van der Waals surface area (Å²) in [6.45, 7) is 2.47. The summed E-state index contributed by atoms with van der Waals surface area (Å²) in [5.41, 5.74) is 1.31. The monoisotopic (exact) mass is 250 g/mol. The number of benzene rings is 1. The first-order valence-electron chi connectivity index (χ1n) is 5.18. The van der Waals surface area contributed by atoms with E-state index in [0.29, 0.717) is 17.4 Å². The Morgan fingerprint density at radius 3 is 2.82 bits per heavy atom. The van der Waals surface area contributed by atoms with Crippen LogP contribution in [0.1, 0.15) is 6.92 Å². The first-order valence-corrected chi connectivity index (χ1v) is 5.56. The van der Waals surface area contributed by atoms with Crippen LogP contribution >= 0.6 is 11.6 Å². The summed E-state index contributed by atoms with van der Waals surface area (Å²) in [7, 11) is 0. The lowest BCUT2D eigenvalue weighted by Gasteiger charge is -2.07. The molecular weight excluding hydrogens is 240 g/mol. The highest BCUT2D eigenvalue weighted by molar-refractivity contribution is 6.32. The Labute approximate surface area is 103 Å². The summed E-state index contributed by atoms with van der Waals surface area (Å²) in [5, 5.41) is 0.538. The van der Waals surface area contributed by atoms with Crippen LogP contribution in [-0.4, -0.2) is 16.6 Å². The van der Waals surface area contributed by atoms with E-state index >= 15 is 0 Å². The van der Waals surface area contributed by atoms with Crippen molar-refractivity contribution in [2.24, 2.45) is 0 Å². The quantitative estimate of drug-likeness (QED) is 0.911. The van der Waals surface area contributed by atoms with Gasteiger partial charge in [-0.2, -0.15) is 0 Å². The summed E-state index contributed by atoms with van der Waals surface area (Å²) in [5.74, 6) is 0.648. The van der Waals surface area contributed by atoms with E-state index in [4.69, 9.17) is 16.3 Å². The highest BCUT2D eigenvalue weighted by Crippen LogP contribution is 2.29. The van der Waals surface area contributed by atoms with Crippen LogP contribution in [0.5, 0.6) is 5.75 Å². The van der Waals surface area contributed by atoms with Gasteiger partial charge in [0.05, 0.1) is 11.6 Å². The molecule has 0 bridgehead atoms. The zero-order chi connectivity index (χ0) is 12.3. The lowest BCUT2D eigenvalue weighted by Crippen LogP contribution is -2.07. The molecule has 0 saturated carbocycles. The van der Waals surface area contributed by atoms with E-state index in [0.717, 1.165) is 11.1 Å². The third kappa shape index (κ3) is 2.65. The number of halogens is 1. The van der Waals surface area contributed by atoms with Crippen LogP contribution in [0.15, 0.2) is 35.4 Å². The molecule has 17 heavy (non-hydrogen) atoms. The molecule has 0 saturated heterocycles. The molecule has 0 radical (unpaired) electrons. The molecule has 1 N–H and O–H groups in total. The minimum Gasteiger partial charge on any atom is -0.492 e. The van der Waals surface area contributed by atoms with Crippen molar-refractivity contribution < 1.29 is 4.74 Å². The molecule has 4 nitrogen and oxygen atoms in total. The molecule has 2 aromatic rings. The standard InChI is InChI=1S/C12H11ClN2O2/c1-2-17-11-4-3-8(5-10(11)13)9-6-14-12(16)15-7-9/h3-7H,2H2,1H3,(H,14,15,16). The minimum absolute atomic E-state index is 0.370. The van der Waals surface area contributed by atoms with E-state index in [-0.39, 0.29) is 5.69 Å². The van der Waals surface area contributed by atoms with E-state index in [1.165, 1.54) is 6.20 Å². The molecule has 0 aliphatic carbocycles. The third-order valence-corrected chi connectivity index (χ3v) is 2.53. The van der Waals surface area contributed by atoms with Gasteiger partial charge in [0, 0.05) is 18.0 Å². The van der Waals surface area contributed by atoms with Crippen molar-refractivity contribution in [3.63, 3.8) is 0 Å². The van der Waals surface area contributed by atoms with E-state index in [1.807, 2.05) is 13.0 Å². The van der Waals surface area contributed by atoms with Gasteiger partial charge in [0.2, 0.25) is 0 Å².